The van der Waals surface area contributed by atoms with Gasteiger partial charge in [0.1, 0.15) is 0 Å². The molecule has 0 amide bonds. The van der Waals surface area contributed by atoms with Crippen molar-refractivity contribution in [3.8, 4) is 11.3 Å². The molecule has 0 radical (unpaired) electrons. The predicted octanol–water partition coefficient (Wildman–Crippen LogP) is 4.47. The molecule has 0 aliphatic heterocycles. The van der Waals surface area contributed by atoms with Crippen molar-refractivity contribution in [3.63, 3.8) is 0 Å². The summed E-state index contributed by atoms with van der Waals surface area (Å²) in [4.78, 5) is 14.9. The maximum Gasteiger partial charge on any atom is 0.270 e. The zero-order valence-corrected chi connectivity index (χ0v) is 16.1. The van der Waals surface area contributed by atoms with E-state index in [9.17, 15) is 18.5 Å². The first-order chi connectivity index (χ1) is 12.9. The number of benzene rings is 2. The molecule has 1 aromatic heterocycles. The Morgan fingerprint density at radius 3 is 2.70 bits per heavy atom. The summed E-state index contributed by atoms with van der Waals surface area (Å²) in [5, 5.41) is 12.8. The standard InChI is InChI=1S/C18H17N3O4S2/c1-2-6-13-7-3-4-10-17(13)27(24,25)20-18-19-16(12-26-18)14-8-5-9-15(11-14)21(22)23/h3-5,7-12H,2,6H2,1H3,(H,19,20). The third kappa shape index (κ3) is 4.32. The fraction of sp³-hybridized carbons (Fsp3) is 0.167. The average molecular weight is 403 g/mol. The topological polar surface area (TPSA) is 102 Å². The minimum absolute atomic E-state index is 0.0453. The van der Waals surface area contributed by atoms with Crippen LogP contribution in [0.5, 0.6) is 0 Å². The molecular formula is C18H17N3O4S2. The van der Waals surface area contributed by atoms with Gasteiger partial charge in [-0.2, -0.15) is 0 Å². The van der Waals surface area contributed by atoms with Crippen molar-refractivity contribution in [2.24, 2.45) is 0 Å². The van der Waals surface area contributed by atoms with Crippen molar-refractivity contribution in [1.29, 1.82) is 0 Å². The number of thiazole rings is 1. The molecule has 0 saturated heterocycles. The van der Waals surface area contributed by atoms with Crippen LogP contribution in [0.2, 0.25) is 0 Å². The molecule has 9 heteroatoms. The Kier molecular flexibility index (Phi) is 5.52. The lowest BCUT2D eigenvalue weighted by molar-refractivity contribution is -0.384. The summed E-state index contributed by atoms with van der Waals surface area (Å²) in [7, 11) is -3.77. The van der Waals surface area contributed by atoms with Crippen LogP contribution in [0.15, 0.2) is 58.8 Å². The van der Waals surface area contributed by atoms with Gasteiger partial charge in [-0.3, -0.25) is 14.8 Å². The van der Waals surface area contributed by atoms with Crippen molar-refractivity contribution >= 4 is 32.2 Å². The molecule has 1 heterocycles. The van der Waals surface area contributed by atoms with Crippen LogP contribution in [0, 0.1) is 10.1 Å². The molecule has 3 rings (SSSR count). The summed E-state index contributed by atoms with van der Waals surface area (Å²) in [5.41, 5.74) is 1.74. The van der Waals surface area contributed by atoms with Gasteiger partial charge in [0.25, 0.3) is 15.7 Å². The normalized spacial score (nSPS) is 11.3. The van der Waals surface area contributed by atoms with E-state index in [4.69, 9.17) is 0 Å². The van der Waals surface area contributed by atoms with Gasteiger partial charge in [-0.25, -0.2) is 13.4 Å². The molecule has 27 heavy (non-hydrogen) atoms. The number of aromatic nitrogens is 1. The minimum atomic E-state index is -3.77. The minimum Gasteiger partial charge on any atom is -0.258 e. The zero-order valence-electron chi connectivity index (χ0n) is 14.5. The van der Waals surface area contributed by atoms with Crippen LogP contribution in [0.1, 0.15) is 18.9 Å². The Morgan fingerprint density at radius 2 is 1.96 bits per heavy atom. The summed E-state index contributed by atoms with van der Waals surface area (Å²) >= 11 is 1.13. The second-order valence-corrected chi connectivity index (χ2v) is 8.32. The van der Waals surface area contributed by atoms with Gasteiger partial charge in [-0.1, -0.05) is 43.7 Å². The highest BCUT2D eigenvalue weighted by Gasteiger charge is 2.20. The molecule has 0 unspecified atom stereocenters. The van der Waals surface area contributed by atoms with Gasteiger partial charge < -0.3 is 0 Å². The number of hydrogen-bond donors (Lipinski definition) is 1. The number of anilines is 1. The lowest BCUT2D eigenvalue weighted by atomic mass is 10.1. The van der Waals surface area contributed by atoms with E-state index in [0.29, 0.717) is 17.7 Å². The molecule has 0 atom stereocenters. The maximum atomic E-state index is 12.8. The Bertz CT molecular complexity index is 1080. The number of rotatable bonds is 7. The summed E-state index contributed by atoms with van der Waals surface area (Å²) in [6, 6.07) is 12.9. The van der Waals surface area contributed by atoms with Crippen LogP contribution in [-0.4, -0.2) is 18.3 Å². The summed E-state index contributed by atoms with van der Waals surface area (Å²) in [5.74, 6) is 0. The largest absolute Gasteiger partial charge is 0.270 e. The van der Waals surface area contributed by atoms with Gasteiger partial charge in [-0.05, 0) is 18.1 Å². The second-order valence-electron chi connectivity index (χ2n) is 5.81. The van der Waals surface area contributed by atoms with E-state index in [0.717, 1.165) is 23.3 Å². The Labute approximate surface area is 160 Å². The van der Waals surface area contributed by atoms with E-state index in [1.807, 2.05) is 13.0 Å². The van der Waals surface area contributed by atoms with Crippen LogP contribution in [0.25, 0.3) is 11.3 Å². The van der Waals surface area contributed by atoms with E-state index in [1.54, 1.807) is 35.7 Å². The third-order valence-corrected chi connectivity index (χ3v) is 6.19. The number of nitrogens with one attached hydrogen (secondary N) is 1. The quantitative estimate of drug-likeness (QED) is 0.463. The highest BCUT2D eigenvalue weighted by atomic mass is 32.2. The molecule has 0 bridgehead atoms. The predicted molar refractivity (Wildman–Crippen MR) is 105 cm³/mol. The van der Waals surface area contributed by atoms with E-state index < -0.39 is 14.9 Å². The van der Waals surface area contributed by atoms with Crippen LogP contribution in [0.3, 0.4) is 0 Å². The molecule has 2 aromatic carbocycles. The van der Waals surface area contributed by atoms with E-state index >= 15 is 0 Å². The van der Waals surface area contributed by atoms with E-state index in [1.165, 1.54) is 12.1 Å². The Hall–Kier alpha value is -2.78. The molecule has 0 spiro atoms. The fourth-order valence-electron chi connectivity index (χ4n) is 2.64. The maximum absolute atomic E-state index is 12.8. The molecule has 140 valence electrons. The number of aryl methyl sites for hydroxylation is 1. The van der Waals surface area contributed by atoms with Gasteiger partial charge in [0, 0.05) is 23.1 Å². The number of non-ortho nitro benzene ring substituents is 1. The van der Waals surface area contributed by atoms with Gasteiger partial charge in [-0.15, -0.1) is 11.3 Å². The molecule has 0 aliphatic rings. The van der Waals surface area contributed by atoms with E-state index in [-0.39, 0.29) is 15.7 Å². The first-order valence-electron chi connectivity index (χ1n) is 8.22. The zero-order chi connectivity index (χ0) is 19.4. The molecule has 7 nitrogen and oxygen atoms in total. The highest BCUT2D eigenvalue weighted by molar-refractivity contribution is 7.93. The monoisotopic (exact) mass is 403 g/mol. The lowest BCUT2D eigenvalue weighted by Gasteiger charge is -2.10. The van der Waals surface area contributed by atoms with Crippen LogP contribution in [-0.2, 0) is 16.4 Å². The smallest absolute Gasteiger partial charge is 0.258 e. The van der Waals surface area contributed by atoms with Crippen LogP contribution in [0.4, 0.5) is 10.8 Å². The van der Waals surface area contributed by atoms with Gasteiger partial charge in [0.2, 0.25) is 0 Å². The molecule has 0 fully saturated rings. The van der Waals surface area contributed by atoms with Gasteiger partial charge >= 0.3 is 0 Å². The van der Waals surface area contributed by atoms with Crippen molar-refractivity contribution in [2.75, 3.05) is 4.72 Å². The second kappa shape index (κ2) is 7.85. The molecule has 3 aromatic rings. The SMILES string of the molecule is CCCc1ccccc1S(=O)(=O)Nc1nc(-c2cccc([N+](=O)[O-])c2)cs1. The van der Waals surface area contributed by atoms with Crippen LogP contribution < -0.4 is 4.72 Å². The van der Waals surface area contributed by atoms with Gasteiger partial charge in [0.15, 0.2) is 5.13 Å². The van der Waals surface area contributed by atoms with Crippen molar-refractivity contribution in [2.45, 2.75) is 24.7 Å². The summed E-state index contributed by atoms with van der Waals surface area (Å²) in [6.07, 6.45) is 1.49. The molecule has 1 N–H and O–H groups in total. The number of hydrogen-bond acceptors (Lipinski definition) is 6. The van der Waals surface area contributed by atoms with Crippen molar-refractivity contribution in [1.82, 2.24) is 4.98 Å². The van der Waals surface area contributed by atoms with Gasteiger partial charge in [0.05, 0.1) is 15.5 Å². The molecule has 0 aliphatic carbocycles. The first kappa shape index (κ1) is 19.0. The number of nitrogens with zero attached hydrogens (tertiary/aromatic N) is 2. The first-order valence-corrected chi connectivity index (χ1v) is 10.6. The Balaban J connectivity index is 1.88. The average Bonchev–Trinajstić information content (AvgIpc) is 3.10. The lowest BCUT2D eigenvalue weighted by Crippen LogP contribution is -2.14. The highest BCUT2D eigenvalue weighted by Crippen LogP contribution is 2.29. The number of sulfonamides is 1. The third-order valence-electron chi connectivity index (χ3n) is 3.86. The van der Waals surface area contributed by atoms with Crippen molar-refractivity contribution in [3.05, 3.63) is 69.6 Å². The molecule has 0 saturated carbocycles. The molecular weight excluding hydrogens is 386 g/mol. The van der Waals surface area contributed by atoms with E-state index in [2.05, 4.69) is 9.71 Å². The number of nitro benzene ring substituents is 1. The Morgan fingerprint density at radius 1 is 1.19 bits per heavy atom. The fourth-order valence-corrected chi connectivity index (χ4v) is 4.89. The number of nitro groups is 1. The van der Waals surface area contributed by atoms with Crippen molar-refractivity contribution < 1.29 is 13.3 Å². The summed E-state index contributed by atoms with van der Waals surface area (Å²) < 4.78 is 28.0. The van der Waals surface area contributed by atoms with Crippen LogP contribution >= 0.6 is 11.3 Å². The summed E-state index contributed by atoms with van der Waals surface area (Å²) in [6.45, 7) is 1.99.